The first-order chi connectivity index (χ1) is 16.4. The van der Waals surface area contributed by atoms with Crippen LogP contribution in [0.5, 0.6) is 5.75 Å². The van der Waals surface area contributed by atoms with Crippen LogP contribution >= 0.6 is 11.8 Å². The zero-order chi connectivity index (χ0) is 23.8. The Morgan fingerprint density at radius 1 is 1.18 bits per heavy atom. The normalized spacial score (nSPS) is 17.4. The molecular weight excluding hydrogens is 460 g/mol. The molecule has 0 saturated carbocycles. The summed E-state index contributed by atoms with van der Waals surface area (Å²) in [5.74, 6) is 0.691. The Morgan fingerprint density at radius 3 is 2.85 bits per heavy atom. The summed E-state index contributed by atoms with van der Waals surface area (Å²) in [6, 6.07) is 10.5. The fourth-order valence-electron chi connectivity index (χ4n) is 4.24. The molecule has 0 bridgehead atoms. The highest BCUT2D eigenvalue weighted by Crippen LogP contribution is 2.35. The molecule has 2 aliphatic heterocycles. The first-order valence-electron chi connectivity index (χ1n) is 10.8. The second-order valence-electron chi connectivity index (χ2n) is 8.05. The van der Waals surface area contributed by atoms with Crippen LogP contribution < -0.4 is 26.2 Å². The van der Waals surface area contributed by atoms with Crippen LogP contribution in [0.25, 0.3) is 10.9 Å². The molecule has 3 aromatic rings. The van der Waals surface area contributed by atoms with Crippen LogP contribution in [-0.2, 0) is 16.1 Å². The van der Waals surface area contributed by atoms with Crippen molar-refractivity contribution in [1.82, 2.24) is 9.55 Å². The van der Waals surface area contributed by atoms with Gasteiger partial charge in [-0.25, -0.2) is 9.59 Å². The Labute approximate surface area is 197 Å². The van der Waals surface area contributed by atoms with Gasteiger partial charge in [0.2, 0.25) is 5.91 Å². The van der Waals surface area contributed by atoms with Crippen LogP contribution in [0.15, 0.2) is 50.9 Å². The van der Waals surface area contributed by atoms with Crippen molar-refractivity contribution in [3.05, 3.63) is 57.2 Å². The first kappa shape index (κ1) is 22.1. The third kappa shape index (κ3) is 4.03. The molecule has 2 amide bonds. The fraction of sp³-hybridized carbons (Fsp3) is 0.304. The number of cyclic esters (lactones) is 1. The summed E-state index contributed by atoms with van der Waals surface area (Å²) in [6.07, 6.45) is 0.101. The Balaban J connectivity index is 1.27. The number of nitrogens with zero attached hydrogens (tertiary/aromatic N) is 2. The van der Waals surface area contributed by atoms with Gasteiger partial charge in [-0.05, 0) is 43.2 Å². The molecule has 3 heterocycles. The number of fused-ring (bicyclic) bond motifs is 2. The highest BCUT2D eigenvalue weighted by atomic mass is 32.2. The van der Waals surface area contributed by atoms with Crippen molar-refractivity contribution >= 4 is 46.0 Å². The van der Waals surface area contributed by atoms with Gasteiger partial charge in [0.15, 0.2) is 0 Å². The lowest BCUT2D eigenvalue weighted by Crippen LogP contribution is -2.35. The molecule has 0 aliphatic carbocycles. The van der Waals surface area contributed by atoms with E-state index in [1.54, 1.807) is 24.3 Å². The summed E-state index contributed by atoms with van der Waals surface area (Å²) < 4.78 is 11.9. The Hall–Kier alpha value is -3.73. The number of anilines is 2. The minimum Gasteiger partial charge on any atom is -0.496 e. The van der Waals surface area contributed by atoms with Gasteiger partial charge in [0.1, 0.15) is 17.2 Å². The highest BCUT2D eigenvalue weighted by molar-refractivity contribution is 8.00. The first-order valence-corrected chi connectivity index (χ1v) is 11.8. The van der Waals surface area contributed by atoms with Gasteiger partial charge in [-0.1, -0.05) is 6.07 Å². The van der Waals surface area contributed by atoms with E-state index in [0.29, 0.717) is 53.2 Å². The molecule has 2 N–H and O–H groups in total. The maximum atomic E-state index is 12.9. The molecule has 34 heavy (non-hydrogen) atoms. The quantitative estimate of drug-likeness (QED) is 0.554. The number of hydrogen-bond acceptors (Lipinski definition) is 7. The minimum absolute atomic E-state index is 0.0759. The maximum Gasteiger partial charge on any atom is 0.414 e. The standard InChI is InChI=1S/C23H22N4O6S/c1-32-17-6-2-5-15-20(17)21(29)26(22(30)25-15)9-3-4-14-11-27(23(31)33-14)13-7-8-18-16(10-13)24-19(28)12-34-18/h2,5-8,10,14H,3-4,9,11-12H2,1H3,(H,24,28)(H,25,30). The zero-order valence-corrected chi connectivity index (χ0v) is 19.1. The monoisotopic (exact) mass is 482 g/mol. The molecule has 5 rings (SSSR count). The van der Waals surface area contributed by atoms with Crippen LogP contribution in [0, 0.1) is 0 Å². The SMILES string of the molecule is COc1cccc2[nH]c(=O)n(CCCC3CN(c4ccc5c(c4)NC(=O)CS5)C(=O)O3)c(=O)c12. The molecule has 1 fully saturated rings. The van der Waals surface area contributed by atoms with Crippen LogP contribution in [0.3, 0.4) is 0 Å². The van der Waals surface area contributed by atoms with Gasteiger partial charge >= 0.3 is 11.8 Å². The fourth-order valence-corrected chi connectivity index (χ4v) is 5.03. The number of methoxy groups -OCH3 is 1. The second kappa shape index (κ2) is 8.90. The van der Waals surface area contributed by atoms with E-state index in [1.165, 1.54) is 23.8 Å². The molecular formula is C23H22N4O6S. The molecule has 10 nitrogen and oxygen atoms in total. The van der Waals surface area contributed by atoms with Crippen molar-refractivity contribution in [2.45, 2.75) is 30.4 Å². The molecule has 0 radical (unpaired) electrons. The molecule has 176 valence electrons. The van der Waals surface area contributed by atoms with Gasteiger partial charge in [0, 0.05) is 17.1 Å². The number of amides is 2. The van der Waals surface area contributed by atoms with Gasteiger partial charge in [-0.3, -0.25) is 19.1 Å². The summed E-state index contributed by atoms with van der Waals surface area (Å²) in [5, 5.41) is 3.14. The third-order valence-electron chi connectivity index (χ3n) is 5.88. The highest BCUT2D eigenvalue weighted by Gasteiger charge is 2.32. The van der Waals surface area contributed by atoms with E-state index >= 15 is 0 Å². The number of benzene rings is 2. The number of hydrogen-bond donors (Lipinski definition) is 2. The zero-order valence-electron chi connectivity index (χ0n) is 18.3. The minimum atomic E-state index is -0.496. The predicted molar refractivity (Wildman–Crippen MR) is 128 cm³/mol. The lowest BCUT2D eigenvalue weighted by molar-refractivity contribution is -0.113. The number of carbonyl (C=O) groups excluding carboxylic acids is 2. The number of thioether (sulfide) groups is 1. The predicted octanol–water partition coefficient (Wildman–Crippen LogP) is 2.55. The number of H-pyrrole nitrogens is 1. The molecule has 2 aromatic carbocycles. The van der Waals surface area contributed by atoms with Gasteiger partial charge in [-0.2, -0.15) is 0 Å². The van der Waals surface area contributed by atoms with Gasteiger partial charge in [-0.15, -0.1) is 11.8 Å². The van der Waals surface area contributed by atoms with Crippen molar-refractivity contribution in [3.63, 3.8) is 0 Å². The molecule has 0 spiro atoms. The van der Waals surface area contributed by atoms with E-state index in [-0.39, 0.29) is 18.6 Å². The molecule has 1 atom stereocenters. The number of rotatable bonds is 6. The smallest absolute Gasteiger partial charge is 0.414 e. The van der Waals surface area contributed by atoms with Crippen molar-refractivity contribution in [3.8, 4) is 5.75 Å². The molecule has 1 unspecified atom stereocenters. The van der Waals surface area contributed by atoms with Crippen molar-refractivity contribution in [2.24, 2.45) is 0 Å². The second-order valence-corrected chi connectivity index (χ2v) is 9.06. The summed E-state index contributed by atoms with van der Waals surface area (Å²) in [5.41, 5.74) is 0.828. The van der Waals surface area contributed by atoms with Crippen LogP contribution in [0.2, 0.25) is 0 Å². The Kier molecular flexibility index (Phi) is 5.78. The average Bonchev–Trinajstić information content (AvgIpc) is 3.20. The summed E-state index contributed by atoms with van der Waals surface area (Å²) in [6.45, 7) is 0.522. The number of nitrogens with one attached hydrogen (secondary N) is 2. The molecule has 2 aliphatic rings. The van der Waals surface area contributed by atoms with Crippen LogP contribution in [0.4, 0.5) is 16.2 Å². The van der Waals surface area contributed by atoms with E-state index < -0.39 is 17.3 Å². The van der Waals surface area contributed by atoms with Gasteiger partial charge < -0.3 is 19.8 Å². The van der Waals surface area contributed by atoms with E-state index in [4.69, 9.17) is 9.47 Å². The summed E-state index contributed by atoms with van der Waals surface area (Å²) in [4.78, 5) is 54.7. The van der Waals surface area contributed by atoms with Crippen molar-refractivity contribution < 1.29 is 19.1 Å². The lowest BCUT2D eigenvalue weighted by Gasteiger charge is -2.20. The van der Waals surface area contributed by atoms with E-state index in [9.17, 15) is 19.2 Å². The average molecular weight is 483 g/mol. The lowest BCUT2D eigenvalue weighted by atomic mass is 10.1. The van der Waals surface area contributed by atoms with Crippen LogP contribution in [0.1, 0.15) is 12.8 Å². The summed E-state index contributed by atoms with van der Waals surface area (Å²) >= 11 is 1.45. The largest absolute Gasteiger partial charge is 0.496 e. The third-order valence-corrected chi connectivity index (χ3v) is 6.96. The van der Waals surface area contributed by atoms with Crippen LogP contribution in [-0.4, -0.2) is 47.1 Å². The number of carbonyl (C=O) groups is 2. The van der Waals surface area contributed by atoms with Crippen molar-refractivity contribution in [1.29, 1.82) is 0 Å². The van der Waals surface area contributed by atoms with Gasteiger partial charge in [0.25, 0.3) is 5.56 Å². The van der Waals surface area contributed by atoms with E-state index in [2.05, 4.69) is 10.3 Å². The number of aromatic nitrogens is 2. The number of ether oxygens (including phenoxy) is 2. The molecule has 11 heteroatoms. The Morgan fingerprint density at radius 2 is 2.03 bits per heavy atom. The molecule has 1 saturated heterocycles. The molecule has 1 aromatic heterocycles. The van der Waals surface area contributed by atoms with Gasteiger partial charge in [0.05, 0.1) is 30.6 Å². The topological polar surface area (TPSA) is 123 Å². The van der Waals surface area contributed by atoms with E-state index in [0.717, 1.165) is 9.46 Å². The van der Waals surface area contributed by atoms with Crippen molar-refractivity contribution in [2.75, 3.05) is 29.6 Å². The maximum absolute atomic E-state index is 12.9. The Bertz CT molecular complexity index is 1410. The number of aromatic amines is 1. The van der Waals surface area contributed by atoms with E-state index in [1.807, 2.05) is 12.1 Å². The summed E-state index contributed by atoms with van der Waals surface area (Å²) in [7, 11) is 1.47.